The lowest BCUT2D eigenvalue weighted by atomic mass is 9.86. The zero-order valence-corrected chi connectivity index (χ0v) is 11.9. The summed E-state index contributed by atoms with van der Waals surface area (Å²) in [5.74, 6) is -0.0484. The van der Waals surface area contributed by atoms with Crippen LogP contribution >= 0.6 is 0 Å². The van der Waals surface area contributed by atoms with Gasteiger partial charge in [0.25, 0.3) is 0 Å². The second kappa shape index (κ2) is 6.35. The fourth-order valence-corrected chi connectivity index (χ4v) is 4.13. The van der Waals surface area contributed by atoms with Gasteiger partial charge in [0, 0.05) is 12.6 Å². The van der Waals surface area contributed by atoms with Gasteiger partial charge in [-0.3, -0.25) is 0 Å². The molecule has 1 aromatic rings. The number of nitrogens with one attached hydrogen (secondary N) is 1. The highest BCUT2D eigenvalue weighted by Gasteiger charge is 2.29. The van der Waals surface area contributed by atoms with Gasteiger partial charge in [-0.15, -0.1) is 0 Å². The second-order valence-corrected chi connectivity index (χ2v) is 6.75. The Morgan fingerprint density at radius 2 is 2.00 bits per heavy atom. The normalized spacial score (nSPS) is 23.2. The molecule has 108 valence electrons. The molecule has 1 fully saturated rings. The molecule has 0 bridgehead atoms. The first kappa shape index (κ1) is 15.0. The van der Waals surface area contributed by atoms with Gasteiger partial charge in [-0.25, -0.2) is 13.1 Å². The van der Waals surface area contributed by atoms with E-state index in [4.69, 9.17) is 5.26 Å². The van der Waals surface area contributed by atoms with E-state index >= 15 is 0 Å². The van der Waals surface area contributed by atoms with Gasteiger partial charge in [0.2, 0.25) is 10.0 Å². The molecule has 5 nitrogen and oxygen atoms in total. The number of nitriles is 1. The van der Waals surface area contributed by atoms with Crippen LogP contribution in [0.2, 0.25) is 0 Å². The van der Waals surface area contributed by atoms with Gasteiger partial charge in [0.1, 0.15) is 6.07 Å². The van der Waals surface area contributed by atoms with Crippen LogP contribution in [0.5, 0.6) is 0 Å². The van der Waals surface area contributed by atoms with Crippen LogP contribution in [0, 0.1) is 17.2 Å². The van der Waals surface area contributed by atoms with Crippen LogP contribution in [0.4, 0.5) is 0 Å². The third-order valence-corrected chi connectivity index (χ3v) is 5.30. The van der Waals surface area contributed by atoms with Gasteiger partial charge in [-0.1, -0.05) is 25.0 Å². The summed E-state index contributed by atoms with van der Waals surface area (Å²) in [6.45, 7) is -0.0208. The van der Waals surface area contributed by atoms with Crippen LogP contribution in [0.25, 0.3) is 0 Å². The molecule has 0 radical (unpaired) electrons. The van der Waals surface area contributed by atoms with E-state index in [-0.39, 0.29) is 29.0 Å². The molecule has 6 heteroatoms. The largest absolute Gasteiger partial charge is 0.396 e. The summed E-state index contributed by atoms with van der Waals surface area (Å²) in [5.41, 5.74) is 0.136. The minimum absolute atomic E-state index is 0.00441. The molecule has 1 saturated carbocycles. The first-order chi connectivity index (χ1) is 9.58. The molecular formula is C14H18N2O3S. The lowest BCUT2D eigenvalue weighted by Crippen LogP contribution is -2.43. The highest BCUT2D eigenvalue weighted by molar-refractivity contribution is 7.89. The molecule has 2 atom stereocenters. The summed E-state index contributed by atoms with van der Waals surface area (Å²) >= 11 is 0. The van der Waals surface area contributed by atoms with E-state index < -0.39 is 10.0 Å². The van der Waals surface area contributed by atoms with E-state index in [0.29, 0.717) is 0 Å². The minimum Gasteiger partial charge on any atom is -0.396 e. The van der Waals surface area contributed by atoms with Gasteiger partial charge in [-0.2, -0.15) is 5.26 Å². The molecule has 0 saturated heterocycles. The van der Waals surface area contributed by atoms with Gasteiger partial charge in [0.15, 0.2) is 0 Å². The predicted molar refractivity (Wildman–Crippen MR) is 74.3 cm³/mol. The van der Waals surface area contributed by atoms with Crippen LogP contribution in [0.15, 0.2) is 29.2 Å². The van der Waals surface area contributed by atoms with Crippen LogP contribution in [0.1, 0.15) is 31.2 Å². The number of nitrogens with zero attached hydrogens (tertiary/aromatic N) is 1. The monoisotopic (exact) mass is 294 g/mol. The molecule has 0 aromatic heterocycles. The van der Waals surface area contributed by atoms with Crippen molar-refractivity contribution in [3.05, 3.63) is 29.8 Å². The summed E-state index contributed by atoms with van der Waals surface area (Å²) < 4.78 is 27.4. The highest BCUT2D eigenvalue weighted by atomic mass is 32.2. The van der Waals surface area contributed by atoms with E-state index in [9.17, 15) is 13.5 Å². The van der Waals surface area contributed by atoms with Crippen molar-refractivity contribution in [3.8, 4) is 6.07 Å². The third kappa shape index (κ3) is 3.18. The number of sulfonamides is 1. The second-order valence-electron chi connectivity index (χ2n) is 5.06. The van der Waals surface area contributed by atoms with Crippen molar-refractivity contribution in [3.63, 3.8) is 0 Å². The maximum absolute atomic E-state index is 12.4. The zero-order valence-electron chi connectivity index (χ0n) is 11.1. The van der Waals surface area contributed by atoms with E-state index in [1.807, 2.05) is 6.07 Å². The molecule has 20 heavy (non-hydrogen) atoms. The first-order valence-corrected chi connectivity index (χ1v) is 8.19. The molecule has 0 amide bonds. The fourth-order valence-electron chi connectivity index (χ4n) is 2.64. The van der Waals surface area contributed by atoms with E-state index in [2.05, 4.69) is 4.72 Å². The summed E-state index contributed by atoms with van der Waals surface area (Å²) in [4.78, 5) is 0.00441. The van der Waals surface area contributed by atoms with Crippen molar-refractivity contribution in [2.75, 3.05) is 6.61 Å². The Hall–Kier alpha value is -1.42. The average molecular weight is 294 g/mol. The Kier molecular flexibility index (Phi) is 4.76. The van der Waals surface area contributed by atoms with Crippen molar-refractivity contribution in [1.82, 2.24) is 4.72 Å². The van der Waals surface area contributed by atoms with Gasteiger partial charge in [0.05, 0.1) is 10.5 Å². The van der Waals surface area contributed by atoms with Crippen LogP contribution < -0.4 is 4.72 Å². The Balaban J connectivity index is 2.25. The summed E-state index contributed by atoms with van der Waals surface area (Å²) in [6, 6.07) is 7.78. The molecule has 0 heterocycles. The number of aliphatic hydroxyl groups is 1. The van der Waals surface area contributed by atoms with Crippen LogP contribution in [-0.2, 0) is 10.0 Å². The number of rotatable bonds is 4. The standard InChI is InChI=1S/C14H18N2O3S/c15-9-11-5-2-4-8-14(11)20(18,19)16-13-7-3-1-6-12(13)10-17/h2,4-5,8,12-13,16-17H,1,3,6-7,10H2. The van der Waals surface area contributed by atoms with Crippen molar-refractivity contribution in [2.24, 2.45) is 5.92 Å². The third-order valence-electron chi connectivity index (χ3n) is 3.75. The molecule has 2 N–H and O–H groups in total. The Morgan fingerprint density at radius 1 is 1.30 bits per heavy atom. The van der Waals surface area contributed by atoms with Crippen molar-refractivity contribution < 1.29 is 13.5 Å². The number of hydrogen-bond acceptors (Lipinski definition) is 4. The number of aliphatic hydroxyl groups excluding tert-OH is 1. The smallest absolute Gasteiger partial charge is 0.242 e. The van der Waals surface area contributed by atoms with Crippen molar-refractivity contribution in [1.29, 1.82) is 5.26 Å². The van der Waals surface area contributed by atoms with Gasteiger partial charge >= 0.3 is 0 Å². The first-order valence-electron chi connectivity index (χ1n) is 6.71. The lowest BCUT2D eigenvalue weighted by Gasteiger charge is -2.30. The van der Waals surface area contributed by atoms with Gasteiger partial charge < -0.3 is 5.11 Å². The Morgan fingerprint density at radius 3 is 2.70 bits per heavy atom. The molecule has 2 unspecified atom stereocenters. The van der Waals surface area contributed by atoms with Crippen molar-refractivity contribution in [2.45, 2.75) is 36.6 Å². The highest BCUT2D eigenvalue weighted by Crippen LogP contribution is 2.26. The summed E-state index contributed by atoms with van der Waals surface area (Å²) in [6.07, 6.45) is 3.50. The molecular weight excluding hydrogens is 276 g/mol. The average Bonchev–Trinajstić information content (AvgIpc) is 2.47. The van der Waals surface area contributed by atoms with Crippen LogP contribution in [0.3, 0.4) is 0 Å². The Labute approximate surface area is 119 Å². The summed E-state index contributed by atoms with van der Waals surface area (Å²) in [5, 5.41) is 18.3. The molecule has 0 spiro atoms. The topological polar surface area (TPSA) is 90.2 Å². The van der Waals surface area contributed by atoms with E-state index in [0.717, 1.165) is 25.7 Å². The molecule has 1 aliphatic carbocycles. The minimum atomic E-state index is -3.73. The molecule has 2 rings (SSSR count). The lowest BCUT2D eigenvalue weighted by molar-refractivity contribution is 0.164. The zero-order chi connectivity index (χ0) is 14.6. The molecule has 1 aromatic carbocycles. The fraction of sp³-hybridized carbons (Fsp3) is 0.500. The maximum atomic E-state index is 12.4. The SMILES string of the molecule is N#Cc1ccccc1S(=O)(=O)NC1CCCCC1CO. The van der Waals surface area contributed by atoms with Gasteiger partial charge in [-0.05, 0) is 30.9 Å². The Bertz CT molecular complexity index is 607. The van der Waals surface area contributed by atoms with E-state index in [1.54, 1.807) is 12.1 Å². The summed E-state index contributed by atoms with van der Waals surface area (Å²) in [7, 11) is -3.73. The number of benzene rings is 1. The van der Waals surface area contributed by atoms with E-state index in [1.165, 1.54) is 12.1 Å². The quantitative estimate of drug-likeness (QED) is 0.878. The molecule has 0 aliphatic heterocycles. The van der Waals surface area contributed by atoms with Crippen LogP contribution in [-0.4, -0.2) is 26.2 Å². The maximum Gasteiger partial charge on any atom is 0.242 e. The molecule has 1 aliphatic rings. The predicted octanol–water partition coefficient (Wildman–Crippen LogP) is 1.39. The van der Waals surface area contributed by atoms with Crippen molar-refractivity contribution >= 4 is 10.0 Å². The number of hydrogen-bond donors (Lipinski definition) is 2.